The number of nitrogens with one attached hydrogen (secondary N) is 1. The lowest BCUT2D eigenvalue weighted by molar-refractivity contribution is -0.133. The van der Waals surface area contributed by atoms with Crippen LogP contribution in [0.15, 0.2) is 0 Å². The second-order valence-corrected chi connectivity index (χ2v) is 6.69. The van der Waals surface area contributed by atoms with Crippen LogP contribution in [0.4, 0.5) is 0 Å². The molecule has 20 heavy (non-hydrogen) atoms. The first-order valence-electron chi connectivity index (χ1n) is 8.31. The Morgan fingerprint density at radius 1 is 1.15 bits per heavy atom. The summed E-state index contributed by atoms with van der Waals surface area (Å²) in [7, 11) is 0. The van der Waals surface area contributed by atoms with Gasteiger partial charge in [-0.1, -0.05) is 12.8 Å². The first kappa shape index (κ1) is 13.9. The fourth-order valence-corrected chi connectivity index (χ4v) is 4.35. The first-order valence-corrected chi connectivity index (χ1v) is 8.31. The molecule has 0 spiro atoms. The molecule has 0 aromatic carbocycles. The quantitative estimate of drug-likeness (QED) is 0.856. The van der Waals surface area contributed by atoms with Crippen molar-refractivity contribution in [3.8, 4) is 0 Å². The fourth-order valence-electron chi connectivity index (χ4n) is 4.35. The van der Waals surface area contributed by atoms with Gasteiger partial charge in [-0.05, 0) is 43.9 Å². The predicted molar refractivity (Wildman–Crippen MR) is 77.0 cm³/mol. The van der Waals surface area contributed by atoms with Crippen molar-refractivity contribution in [3.63, 3.8) is 0 Å². The molecule has 1 heterocycles. The molecule has 112 valence electrons. The van der Waals surface area contributed by atoms with Crippen LogP contribution >= 0.6 is 0 Å². The zero-order chi connectivity index (χ0) is 13.9. The van der Waals surface area contributed by atoms with Gasteiger partial charge >= 0.3 is 0 Å². The molecule has 3 unspecified atom stereocenters. The Labute approximate surface area is 121 Å². The monoisotopic (exact) mass is 278 g/mol. The number of carbonyl (C=O) groups is 2. The molecular weight excluding hydrogens is 252 g/mol. The highest BCUT2D eigenvalue weighted by Crippen LogP contribution is 2.43. The summed E-state index contributed by atoms with van der Waals surface area (Å²) in [5, 5.41) is 3.23. The van der Waals surface area contributed by atoms with Gasteiger partial charge in [0.15, 0.2) is 0 Å². The summed E-state index contributed by atoms with van der Waals surface area (Å²) in [4.78, 5) is 25.6. The van der Waals surface area contributed by atoms with Crippen molar-refractivity contribution in [2.45, 2.75) is 63.8 Å². The van der Waals surface area contributed by atoms with Crippen molar-refractivity contribution in [2.24, 2.45) is 11.8 Å². The number of hydrogen-bond acceptors (Lipinski definition) is 2. The van der Waals surface area contributed by atoms with Crippen molar-refractivity contribution in [1.29, 1.82) is 0 Å². The van der Waals surface area contributed by atoms with Crippen LogP contribution in [0.1, 0.15) is 57.8 Å². The predicted octanol–water partition coefficient (Wildman–Crippen LogP) is 2.08. The third kappa shape index (κ3) is 2.99. The van der Waals surface area contributed by atoms with E-state index >= 15 is 0 Å². The van der Waals surface area contributed by atoms with Crippen molar-refractivity contribution in [1.82, 2.24) is 10.2 Å². The van der Waals surface area contributed by atoms with Gasteiger partial charge in [0.1, 0.15) is 0 Å². The summed E-state index contributed by atoms with van der Waals surface area (Å²) in [5.74, 6) is 1.96. The molecule has 3 fully saturated rings. The summed E-state index contributed by atoms with van der Waals surface area (Å²) in [6, 6.07) is 0.409. The van der Waals surface area contributed by atoms with Crippen molar-refractivity contribution >= 4 is 11.8 Å². The Bertz CT molecular complexity index is 383. The Hall–Kier alpha value is -1.06. The van der Waals surface area contributed by atoms with Gasteiger partial charge in [0.2, 0.25) is 11.8 Å². The molecule has 1 saturated heterocycles. The van der Waals surface area contributed by atoms with Gasteiger partial charge in [-0.2, -0.15) is 0 Å². The zero-order valence-electron chi connectivity index (χ0n) is 12.3. The molecule has 3 atom stereocenters. The lowest BCUT2D eigenvalue weighted by atomic mass is 9.97. The lowest BCUT2D eigenvalue weighted by Gasteiger charge is -2.27. The Balaban J connectivity index is 1.42. The summed E-state index contributed by atoms with van der Waals surface area (Å²) in [5.41, 5.74) is 0. The standard InChI is InChI=1S/C16H26N2O2/c19-15(9-11-18-10-2-1-6-16(18)20)17-14-8-7-12-4-3-5-13(12)14/h12-14H,1-11H2,(H,17,19). The number of nitrogens with zero attached hydrogens (tertiary/aromatic N) is 1. The number of likely N-dealkylation sites (tertiary alicyclic amines) is 1. The second-order valence-electron chi connectivity index (χ2n) is 6.69. The smallest absolute Gasteiger partial charge is 0.222 e. The lowest BCUT2D eigenvalue weighted by Crippen LogP contribution is -2.41. The minimum atomic E-state index is 0.140. The highest BCUT2D eigenvalue weighted by Gasteiger charge is 2.39. The molecule has 0 radical (unpaired) electrons. The van der Waals surface area contributed by atoms with E-state index in [9.17, 15) is 9.59 Å². The van der Waals surface area contributed by atoms with E-state index in [1.807, 2.05) is 4.90 Å². The van der Waals surface area contributed by atoms with E-state index in [0.29, 0.717) is 25.4 Å². The van der Waals surface area contributed by atoms with Gasteiger partial charge in [0.05, 0.1) is 0 Å². The number of amides is 2. The minimum Gasteiger partial charge on any atom is -0.353 e. The first-order chi connectivity index (χ1) is 9.74. The Kier molecular flexibility index (Phi) is 4.27. The van der Waals surface area contributed by atoms with Crippen LogP contribution in [0.2, 0.25) is 0 Å². The van der Waals surface area contributed by atoms with E-state index in [0.717, 1.165) is 37.6 Å². The minimum absolute atomic E-state index is 0.140. The third-order valence-corrected chi connectivity index (χ3v) is 5.46. The normalized spacial score (nSPS) is 33.3. The van der Waals surface area contributed by atoms with E-state index < -0.39 is 0 Å². The highest BCUT2D eigenvalue weighted by atomic mass is 16.2. The van der Waals surface area contributed by atoms with Gasteiger partial charge < -0.3 is 10.2 Å². The van der Waals surface area contributed by atoms with Crippen LogP contribution in [0.5, 0.6) is 0 Å². The number of piperidine rings is 1. The van der Waals surface area contributed by atoms with Crippen LogP contribution in [0, 0.1) is 11.8 Å². The summed E-state index contributed by atoms with van der Waals surface area (Å²) in [6.07, 6.45) is 9.66. The maximum absolute atomic E-state index is 12.1. The molecule has 3 rings (SSSR count). The van der Waals surface area contributed by atoms with E-state index in [4.69, 9.17) is 0 Å². The molecule has 0 bridgehead atoms. The molecule has 2 amide bonds. The van der Waals surface area contributed by atoms with Crippen molar-refractivity contribution in [3.05, 3.63) is 0 Å². The van der Waals surface area contributed by atoms with Gasteiger partial charge in [-0.25, -0.2) is 0 Å². The van der Waals surface area contributed by atoms with Gasteiger partial charge in [0.25, 0.3) is 0 Å². The van der Waals surface area contributed by atoms with Crippen LogP contribution in [0.3, 0.4) is 0 Å². The molecule has 0 aromatic rings. The van der Waals surface area contributed by atoms with E-state index in [-0.39, 0.29) is 11.8 Å². The SMILES string of the molecule is O=C(CCN1CCCCC1=O)NC1CCC2CCCC21. The summed E-state index contributed by atoms with van der Waals surface area (Å²) in [6.45, 7) is 1.44. The molecule has 1 N–H and O–H groups in total. The molecule has 4 heteroatoms. The zero-order valence-corrected chi connectivity index (χ0v) is 12.3. The molecule has 1 aliphatic heterocycles. The molecule has 2 aliphatic carbocycles. The fraction of sp³-hybridized carbons (Fsp3) is 0.875. The summed E-state index contributed by atoms with van der Waals surface area (Å²) < 4.78 is 0. The average molecular weight is 278 g/mol. The Morgan fingerprint density at radius 3 is 2.90 bits per heavy atom. The molecular formula is C16H26N2O2. The van der Waals surface area contributed by atoms with Crippen LogP contribution < -0.4 is 5.32 Å². The van der Waals surface area contributed by atoms with Crippen molar-refractivity contribution in [2.75, 3.05) is 13.1 Å². The highest BCUT2D eigenvalue weighted by molar-refractivity contribution is 5.79. The average Bonchev–Trinajstić information content (AvgIpc) is 3.03. The second kappa shape index (κ2) is 6.15. The largest absolute Gasteiger partial charge is 0.353 e. The maximum atomic E-state index is 12.1. The number of rotatable bonds is 4. The van der Waals surface area contributed by atoms with Gasteiger partial charge in [-0.15, -0.1) is 0 Å². The third-order valence-electron chi connectivity index (χ3n) is 5.46. The number of fused-ring (bicyclic) bond motifs is 1. The Morgan fingerprint density at radius 2 is 2.05 bits per heavy atom. The molecule has 2 saturated carbocycles. The summed E-state index contributed by atoms with van der Waals surface area (Å²) >= 11 is 0. The van der Waals surface area contributed by atoms with E-state index in [1.165, 1.54) is 25.7 Å². The van der Waals surface area contributed by atoms with E-state index in [2.05, 4.69) is 5.32 Å². The van der Waals surface area contributed by atoms with E-state index in [1.54, 1.807) is 0 Å². The van der Waals surface area contributed by atoms with Crippen molar-refractivity contribution < 1.29 is 9.59 Å². The molecule has 0 aromatic heterocycles. The van der Waals surface area contributed by atoms with Crippen LogP contribution in [0.25, 0.3) is 0 Å². The van der Waals surface area contributed by atoms with Gasteiger partial charge in [-0.3, -0.25) is 9.59 Å². The van der Waals surface area contributed by atoms with Crippen LogP contribution in [-0.4, -0.2) is 35.8 Å². The van der Waals surface area contributed by atoms with Crippen LogP contribution in [-0.2, 0) is 9.59 Å². The number of carbonyl (C=O) groups excluding carboxylic acids is 2. The molecule has 3 aliphatic rings. The maximum Gasteiger partial charge on any atom is 0.222 e. The van der Waals surface area contributed by atoms with Gasteiger partial charge in [0, 0.05) is 32.0 Å². The number of hydrogen-bond donors (Lipinski definition) is 1. The topological polar surface area (TPSA) is 49.4 Å². The molecule has 4 nitrogen and oxygen atoms in total.